The maximum absolute atomic E-state index is 12.1. The number of nitrogens with one attached hydrogen (secondary N) is 1. The quantitative estimate of drug-likeness (QED) is 0.0893. The van der Waals surface area contributed by atoms with E-state index in [0.29, 0.717) is 27.5 Å². The fourth-order valence-corrected chi connectivity index (χ4v) is 6.78. The second-order valence-electron chi connectivity index (χ2n) is 11.4. The number of azo groups is 2. The van der Waals surface area contributed by atoms with E-state index in [4.69, 9.17) is 0 Å². The summed E-state index contributed by atoms with van der Waals surface area (Å²) in [5.41, 5.74) is 3.95. The van der Waals surface area contributed by atoms with Gasteiger partial charge in [0.15, 0.2) is 5.75 Å². The Hall–Kier alpha value is -5.54. The van der Waals surface area contributed by atoms with Crippen molar-refractivity contribution in [3.8, 4) is 5.75 Å². The Bertz CT molecular complexity index is 2570. The summed E-state index contributed by atoms with van der Waals surface area (Å²) in [5, 5.41) is 33.5. The van der Waals surface area contributed by atoms with E-state index >= 15 is 0 Å². The first-order valence-electron chi connectivity index (χ1n) is 14.7. The highest BCUT2D eigenvalue weighted by Gasteiger charge is 2.19. The van der Waals surface area contributed by atoms with E-state index in [1.807, 2.05) is 48.5 Å². The Morgan fingerprint density at radius 2 is 1.20 bits per heavy atom. The van der Waals surface area contributed by atoms with Gasteiger partial charge in [0.05, 0.1) is 16.3 Å². The second kappa shape index (κ2) is 12.8. The third kappa shape index (κ3) is 7.03. The summed E-state index contributed by atoms with van der Waals surface area (Å²) in [6, 6.07) is 26.8. The van der Waals surface area contributed by atoms with Crippen molar-refractivity contribution in [1.29, 1.82) is 0 Å². The van der Waals surface area contributed by atoms with Crippen LogP contribution in [0, 0.1) is 20.8 Å². The van der Waals surface area contributed by atoms with Crippen LogP contribution in [-0.2, 0) is 20.2 Å². The molecule has 6 aromatic carbocycles. The van der Waals surface area contributed by atoms with E-state index in [1.165, 1.54) is 36.4 Å². The molecule has 0 fully saturated rings. The zero-order valence-electron chi connectivity index (χ0n) is 26.3. The Morgan fingerprint density at radius 3 is 1.88 bits per heavy atom. The number of aromatic hydroxyl groups is 1. The van der Waals surface area contributed by atoms with Crippen molar-refractivity contribution in [3.63, 3.8) is 0 Å². The molecule has 49 heavy (non-hydrogen) atoms. The van der Waals surface area contributed by atoms with Crippen molar-refractivity contribution in [3.05, 3.63) is 114 Å². The molecule has 4 N–H and O–H groups in total. The number of aryl methyl sites for hydroxylation is 3. The number of nitrogens with zero attached hydrogens (tertiary/aromatic N) is 4. The maximum Gasteiger partial charge on any atom is 0.296 e. The SMILES string of the molecule is Cc1cc(C)c(N=Nc2ccc(N=Nc3c(C)cc4cc(Nc5ccccc5)ccc4c3O)c3cc(S(=O)(=O)O)ccc23)c(S(=O)(=O)O)c1. The third-order valence-corrected chi connectivity index (χ3v) is 9.50. The van der Waals surface area contributed by atoms with Crippen LogP contribution in [0.15, 0.2) is 127 Å². The molecule has 0 heterocycles. The average molecular weight is 696 g/mol. The van der Waals surface area contributed by atoms with Crippen LogP contribution in [0.25, 0.3) is 21.5 Å². The van der Waals surface area contributed by atoms with Gasteiger partial charge in [-0.25, -0.2) is 0 Å². The summed E-state index contributed by atoms with van der Waals surface area (Å²) in [7, 11) is -9.23. The number of hydrogen-bond acceptors (Lipinski definition) is 10. The molecule has 0 amide bonds. The van der Waals surface area contributed by atoms with Gasteiger partial charge in [-0.15, -0.1) is 20.5 Å². The predicted molar refractivity (Wildman–Crippen MR) is 188 cm³/mol. The molecular formula is C35H29N5O7S2. The lowest BCUT2D eigenvalue weighted by Crippen LogP contribution is -2.00. The van der Waals surface area contributed by atoms with E-state index in [9.17, 15) is 31.0 Å². The highest BCUT2D eigenvalue weighted by atomic mass is 32.2. The monoisotopic (exact) mass is 695 g/mol. The van der Waals surface area contributed by atoms with Gasteiger partial charge in [0.25, 0.3) is 20.2 Å². The standard InChI is InChI=1S/C35H29N5O7S2/c1-20-15-21(2)33(32(16-20)49(45,46)47)39-37-30-13-14-31(29-19-26(48(42,43)44)10-12-28(29)30)38-40-34-22(3)17-23-18-25(9-11-27(23)35(34)41)36-24-7-5-4-6-8-24/h4-19,36,41H,1-3H3,(H,42,43,44)(H,45,46,47). The largest absolute Gasteiger partial charge is 0.505 e. The third-order valence-electron chi connectivity index (χ3n) is 7.78. The first-order chi connectivity index (χ1) is 23.2. The summed E-state index contributed by atoms with van der Waals surface area (Å²) in [4.78, 5) is -0.815. The smallest absolute Gasteiger partial charge is 0.296 e. The van der Waals surface area contributed by atoms with E-state index < -0.39 is 30.0 Å². The lowest BCUT2D eigenvalue weighted by molar-refractivity contribution is 0.481. The van der Waals surface area contributed by atoms with Crippen molar-refractivity contribution in [2.45, 2.75) is 30.6 Å². The molecule has 0 atom stereocenters. The Kier molecular flexibility index (Phi) is 8.73. The molecule has 0 aliphatic rings. The molecule has 0 aliphatic carbocycles. The lowest BCUT2D eigenvalue weighted by Gasteiger charge is -2.11. The van der Waals surface area contributed by atoms with E-state index in [0.717, 1.165) is 16.8 Å². The molecular weight excluding hydrogens is 667 g/mol. The van der Waals surface area contributed by atoms with Crippen LogP contribution in [-0.4, -0.2) is 31.0 Å². The van der Waals surface area contributed by atoms with Crippen LogP contribution in [0.1, 0.15) is 16.7 Å². The predicted octanol–water partition coefficient (Wildman–Crippen LogP) is 9.69. The second-order valence-corrected chi connectivity index (χ2v) is 14.2. The van der Waals surface area contributed by atoms with Crippen molar-refractivity contribution in [1.82, 2.24) is 0 Å². The Morgan fingerprint density at radius 1 is 0.571 bits per heavy atom. The van der Waals surface area contributed by atoms with Crippen molar-refractivity contribution >= 4 is 75.9 Å². The highest BCUT2D eigenvalue weighted by molar-refractivity contribution is 7.86. The summed E-state index contributed by atoms with van der Waals surface area (Å²) in [6.07, 6.45) is 0. The van der Waals surface area contributed by atoms with Crippen LogP contribution in [0.2, 0.25) is 0 Å². The van der Waals surface area contributed by atoms with Crippen molar-refractivity contribution < 1.29 is 31.0 Å². The molecule has 0 saturated carbocycles. The summed E-state index contributed by atoms with van der Waals surface area (Å²) in [6.45, 7) is 5.08. The van der Waals surface area contributed by atoms with Crippen molar-refractivity contribution in [2.75, 3.05) is 5.32 Å². The number of anilines is 2. The van der Waals surface area contributed by atoms with Gasteiger partial charge in [0.1, 0.15) is 16.3 Å². The minimum Gasteiger partial charge on any atom is -0.505 e. The molecule has 0 bridgehead atoms. The zero-order chi connectivity index (χ0) is 35.1. The molecule has 0 aromatic heterocycles. The summed E-state index contributed by atoms with van der Waals surface area (Å²) < 4.78 is 67.8. The van der Waals surface area contributed by atoms with Crippen LogP contribution < -0.4 is 5.32 Å². The normalized spacial score (nSPS) is 12.4. The minimum atomic E-state index is -4.62. The van der Waals surface area contributed by atoms with Gasteiger partial charge in [0.2, 0.25) is 0 Å². The molecule has 12 nitrogen and oxygen atoms in total. The minimum absolute atomic E-state index is 0.0650. The highest BCUT2D eigenvalue weighted by Crippen LogP contribution is 2.42. The summed E-state index contributed by atoms with van der Waals surface area (Å²) >= 11 is 0. The Labute approximate surface area is 282 Å². The van der Waals surface area contributed by atoms with Crippen LogP contribution in [0.5, 0.6) is 5.75 Å². The molecule has 248 valence electrons. The molecule has 6 aromatic rings. The van der Waals surface area contributed by atoms with E-state index in [-0.39, 0.29) is 33.9 Å². The fourth-order valence-electron chi connectivity index (χ4n) is 5.49. The number of hydrogen-bond donors (Lipinski definition) is 4. The van der Waals surface area contributed by atoms with Gasteiger partial charge in [-0.2, -0.15) is 16.8 Å². The van der Waals surface area contributed by atoms with Gasteiger partial charge >= 0.3 is 0 Å². The lowest BCUT2D eigenvalue weighted by atomic mass is 10.0. The number of phenolic OH excluding ortho intramolecular Hbond substituents is 1. The van der Waals surface area contributed by atoms with Crippen LogP contribution in [0.3, 0.4) is 0 Å². The topological polar surface area (TPSA) is 190 Å². The molecule has 0 spiro atoms. The molecule has 0 saturated heterocycles. The van der Waals surface area contributed by atoms with Gasteiger partial charge in [-0.05, 0) is 110 Å². The number of phenols is 1. The molecule has 6 rings (SSSR count). The van der Waals surface area contributed by atoms with Gasteiger partial charge in [-0.3, -0.25) is 9.11 Å². The first kappa shape index (κ1) is 33.4. The maximum atomic E-state index is 12.1. The van der Waals surface area contributed by atoms with Crippen LogP contribution in [0.4, 0.5) is 34.1 Å². The van der Waals surface area contributed by atoms with E-state index in [2.05, 4.69) is 25.8 Å². The van der Waals surface area contributed by atoms with Gasteiger partial charge < -0.3 is 10.4 Å². The average Bonchev–Trinajstić information content (AvgIpc) is 3.03. The molecule has 0 aliphatic heterocycles. The number of rotatable bonds is 8. The van der Waals surface area contributed by atoms with Crippen LogP contribution >= 0.6 is 0 Å². The molecule has 14 heteroatoms. The van der Waals surface area contributed by atoms with E-state index in [1.54, 1.807) is 32.9 Å². The first-order valence-corrected chi connectivity index (χ1v) is 17.6. The number of fused-ring (bicyclic) bond motifs is 2. The van der Waals surface area contributed by atoms with Gasteiger partial charge in [-0.1, -0.05) is 30.3 Å². The zero-order valence-corrected chi connectivity index (χ0v) is 28.0. The number of para-hydroxylation sites is 1. The molecule has 0 radical (unpaired) electrons. The Balaban J connectivity index is 1.42. The summed E-state index contributed by atoms with van der Waals surface area (Å²) in [5.74, 6) is -0.0959. The van der Waals surface area contributed by atoms with Crippen molar-refractivity contribution in [2.24, 2.45) is 20.5 Å². The van der Waals surface area contributed by atoms with Gasteiger partial charge in [0, 0.05) is 27.5 Å². The fraction of sp³-hybridized carbons (Fsp3) is 0.0857. The number of benzene rings is 6. The molecule has 0 unspecified atom stereocenters.